The average molecular weight is 320 g/mol. The lowest BCUT2D eigenvalue weighted by Crippen LogP contribution is -2.36. The van der Waals surface area contributed by atoms with Gasteiger partial charge in [0.05, 0.1) is 37.3 Å². The predicted molar refractivity (Wildman–Crippen MR) is 80.8 cm³/mol. The number of nitrogens with two attached hydrogens (primary N) is 1. The van der Waals surface area contributed by atoms with Crippen LogP contribution in [0.4, 0.5) is 14.9 Å². The number of ether oxygens (including phenoxy) is 1. The third kappa shape index (κ3) is 3.57. The maximum atomic E-state index is 14.4. The van der Waals surface area contributed by atoms with Crippen molar-refractivity contribution in [1.82, 2.24) is 20.3 Å². The zero-order chi connectivity index (χ0) is 16.2. The summed E-state index contributed by atoms with van der Waals surface area (Å²) in [6.07, 6.45) is 1.61. The fourth-order valence-electron chi connectivity index (χ4n) is 2.38. The molecule has 0 spiro atoms. The van der Waals surface area contributed by atoms with Crippen LogP contribution >= 0.6 is 0 Å². The number of halogens is 1. The summed E-state index contributed by atoms with van der Waals surface area (Å²) >= 11 is 0. The zero-order valence-corrected chi connectivity index (χ0v) is 12.4. The SMILES string of the molecule is NC(=O)NCc1cn(-c2ccc(N3CCOCC3)c(F)c2)nn1. The van der Waals surface area contributed by atoms with E-state index in [2.05, 4.69) is 15.6 Å². The molecular formula is C14H17FN6O2. The van der Waals surface area contributed by atoms with Crippen molar-refractivity contribution in [1.29, 1.82) is 0 Å². The molecule has 1 aliphatic rings. The van der Waals surface area contributed by atoms with E-state index in [-0.39, 0.29) is 12.4 Å². The van der Waals surface area contributed by atoms with E-state index in [4.69, 9.17) is 10.5 Å². The monoisotopic (exact) mass is 320 g/mol. The molecule has 0 atom stereocenters. The number of aromatic nitrogens is 3. The highest BCUT2D eigenvalue weighted by Crippen LogP contribution is 2.23. The van der Waals surface area contributed by atoms with Crippen LogP contribution in [0.5, 0.6) is 0 Å². The highest BCUT2D eigenvalue weighted by Gasteiger charge is 2.16. The maximum absolute atomic E-state index is 14.4. The third-order valence-corrected chi connectivity index (χ3v) is 3.53. The highest BCUT2D eigenvalue weighted by molar-refractivity contribution is 5.71. The average Bonchev–Trinajstić information content (AvgIpc) is 3.02. The van der Waals surface area contributed by atoms with E-state index in [1.807, 2.05) is 4.90 Å². The van der Waals surface area contributed by atoms with Gasteiger partial charge in [0.1, 0.15) is 11.5 Å². The topological polar surface area (TPSA) is 98.3 Å². The number of carbonyl (C=O) groups excluding carboxylic acids is 1. The summed E-state index contributed by atoms with van der Waals surface area (Å²) in [4.78, 5) is 12.6. The molecule has 2 aromatic rings. The summed E-state index contributed by atoms with van der Waals surface area (Å²) in [5.74, 6) is -0.322. The molecule has 0 aliphatic carbocycles. The van der Waals surface area contributed by atoms with Gasteiger partial charge in [-0.15, -0.1) is 5.10 Å². The fraction of sp³-hybridized carbons (Fsp3) is 0.357. The Kier molecular flexibility index (Phi) is 4.38. The number of nitrogens with one attached hydrogen (secondary N) is 1. The molecule has 3 rings (SSSR count). The van der Waals surface area contributed by atoms with Gasteiger partial charge in [0.2, 0.25) is 0 Å². The Hall–Kier alpha value is -2.68. The van der Waals surface area contributed by atoms with Crippen LogP contribution in [0, 0.1) is 5.82 Å². The van der Waals surface area contributed by atoms with Crippen LogP contribution in [0.1, 0.15) is 5.69 Å². The Morgan fingerprint density at radius 2 is 2.17 bits per heavy atom. The van der Waals surface area contributed by atoms with Gasteiger partial charge in [-0.25, -0.2) is 13.9 Å². The molecule has 0 unspecified atom stereocenters. The summed E-state index contributed by atoms with van der Waals surface area (Å²) in [7, 11) is 0. The standard InChI is InChI=1S/C14H17FN6O2/c15-12-7-11(1-2-13(12)20-3-5-23-6-4-20)21-9-10(18-19-21)8-17-14(16)22/h1-2,7,9H,3-6,8H2,(H3,16,17,22). The molecule has 1 aliphatic heterocycles. The van der Waals surface area contributed by atoms with Crippen LogP contribution in [0.2, 0.25) is 0 Å². The number of carbonyl (C=O) groups is 1. The molecule has 1 fully saturated rings. The van der Waals surface area contributed by atoms with Crippen molar-refractivity contribution in [2.45, 2.75) is 6.54 Å². The molecule has 8 nitrogen and oxygen atoms in total. The van der Waals surface area contributed by atoms with E-state index in [1.165, 1.54) is 10.7 Å². The Bertz CT molecular complexity index is 698. The minimum Gasteiger partial charge on any atom is -0.378 e. The molecule has 3 N–H and O–H groups in total. The minimum atomic E-state index is -0.638. The second-order valence-corrected chi connectivity index (χ2v) is 5.11. The van der Waals surface area contributed by atoms with Gasteiger partial charge in [0.15, 0.2) is 0 Å². The van der Waals surface area contributed by atoms with Gasteiger partial charge in [-0.05, 0) is 12.1 Å². The molecule has 1 aromatic carbocycles. The smallest absolute Gasteiger partial charge is 0.312 e. The van der Waals surface area contributed by atoms with Gasteiger partial charge >= 0.3 is 6.03 Å². The van der Waals surface area contributed by atoms with Crippen LogP contribution in [0.25, 0.3) is 5.69 Å². The third-order valence-electron chi connectivity index (χ3n) is 3.53. The van der Waals surface area contributed by atoms with Gasteiger partial charge in [-0.2, -0.15) is 0 Å². The normalized spacial score (nSPS) is 14.7. The number of urea groups is 1. The van der Waals surface area contributed by atoms with Crippen molar-refractivity contribution in [3.8, 4) is 5.69 Å². The molecule has 2 amide bonds. The minimum absolute atomic E-state index is 0.170. The first-order valence-electron chi connectivity index (χ1n) is 7.20. The zero-order valence-electron chi connectivity index (χ0n) is 12.4. The summed E-state index contributed by atoms with van der Waals surface area (Å²) in [6, 6.07) is 4.26. The van der Waals surface area contributed by atoms with Crippen molar-refractivity contribution >= 4 is 11.7 Å². The highest BCUT2D eigenvalue weighted by atomic mass is 19.1. The molecular weight excluding hydrogens is 303 g/mol. The van der Waals surface area contributed by atoms with Crippen LogP contribution in [0.3, 0.4) is 0 Å². The molecule has 1 saturated heterocycles. The number of hydrogen-bond donors (Lipinski definition) is 2. The predicted octanol–water partition coefficient (Wildman–Crippen LogP) is 0.411. The van der Waals surface area contributed by atoms with Crippen molar-refractivity contribution in [2.24, 2.45) is 5.73 Å². The van der Waals surface area contributed by atoms with Crippen molar-refractivity contribution in [3.05, 3.63) is 35.9 Å². The van der Waals surface area contributed by atoms with Crippen LogP contribution in [-0.4, -0.2) is 47.3 Å². The molecule has 1 aromatic heterocycles. The number of rotatable bonds is 4. The first kappa shape index (κ1) is 15.2. The summed E-state index contributed by atoms with van der Waals surface area (Å²) in [5, 5.41) is 10.2. The van der Waals surface area contributed by atoms with E-state index in [0.29, 0.717) is 43.4 Å². The van der Waals surface area contributed by atoms with Crippen LogP contribution in [-0.2, 0) is 11.3 Å². The number of primary amides is 1. The molecule has 23 heavy (non-hydrogen) atoms. The Morgan fingerprint density at radius 1 is 1.39 bits per heavy atom. The summed E-state index contributed by atoms with van der Waals surface area (Å²) in [6.45, 7) is 2.70. The van der Waals surface area contributed by atoms with E-state index in [9.17, 15) is 9.18 Å². The summed E-state index contributed by atoms with van der Waals surface area (Å²) < 4.78 is 21.1. The molecule has 0 radical (unpaired) electrons. The van der Waals surface area contributed by atoms with E-state index in [1.54, 1.807) is 18.3 Å². The number of nitrogens with zero attached hydrogens (tertiary/aromatic N) is 4. The number of morpholine rings is 1. The lowest BCUT2D eigenvalue weighted by Gasteiger charge is -2.29. The molecule has 0 saturated carbocycles. The van der Waals surface area contributed by atoms with E-state index in [0.717, 1.165) is 0 Å². The lowest BCUT2D eigenvalue weighted by molar-refractivity contribution is 0.122. The van der Waals surface area contributed by atoms with Gasteiger partial charge in [-0.3, -0.25) is 0 Å². The second kappa shape index (κ2) is 6.61. The van der Waals surface area contributed by atoms with Crippen molar-refractivity contribution in [2.75, 3.05) is 31.2 Å². The number of amides is 2. The van der Waals surface area contributed by atoms with Gasteiger partial charge in [-0.1, -0.05) is 5.21 Å². The van der Waals surface area contributed by atoms with E-state index < -0.39 is 6.03 Å². The number of benzene rings is 1. The Morgan fingerprint density at radius 3 is 2.87 bits per heavy atom. The first-order valence-corrected chi connectivity index (χ1v) is 7.20. The van der Waals surface area contributed by atoms with Gasteiger partial charge < -0.3 is 20.7 Å². The molecule has 0 bridgehead atoms. The molecule has 122 valence electrons. The van der Waals surface area contributed by atoms with Crippen molar-refractivity contribution < 1.29 is 13.9 Å². The number of hydrogen-bond acceptors (Lipinski definition) is 5. The Balaban J connectivity index is 1.75. The largest absolute Gasteiger partial charge is 0.378 e. The molecule has 2 heterocycles. The van der Waals surface area contributed by atoms with Gasteiger partial charge in [0.25, 0.3) is 0 Å². The van der Waals surface area contributed by atoms with Crippen LogP contribution in [0.15, 0.2) is 24.4 Å². The quantitative estimate of drug-likeness (QED) is 0.850. The van der Waals surface area contributed by atoms with E-state index >= 15 is 0 Å². The van der Waals surface area contributed by atoms with Crippen molar-refractivity contribution in [3.63, 3.8) is 0 Å². The summed E-state index contributed by atoms with van der Waals surface area (Å²) in [5.41, 5.74) is 6.63. The lowest BCUT2D eigenvalue weighted by atomic mass is 10.2. The first-order chi connectivity index (χ1) is 11.1. The van der Waals surface area contributed by atoms with Gasteiger partial charge in [0, 0.05) is 19.2 Å². The number of anilines is 1. The Labute approximate surface area is 132 Å². The fourth-order valence-corrected chi connectivity index (χ4v) is 2.38. The molecule has 9 heteroatoms. The maximum Gasteiger partial charge on any atom is 0.312 e. The van der Waals surface area contributed by atoms with Crippen LogP contribution < -0.4 is 16.0 Å². The second-order valence-electron chi connectivity index (χ2n) is 5.11.